The molecule has 1 N–H and O–H groups in total. The number of thiophene rings is 1. The van der Waals surface area contributed by atoms with Gasteiger partial charge in [0.25, 0.3) is 0 Å². The maximum Gasteiger partial charge on any atom is 0.168 e. The van der Waals surface area contributed by atoms with Crippen molar-refractivity contribution in [3.63, 3.8) is 0 Å². The molecule has 0 spiro atoms. The number of amidine groups is 1. The Bertz CT molecular complexity index is 717. The maximum atomic E-state index is 9.62. The van der Waals surface area contributed by atoms with Gasteiger partial charge < -0.3 is 10.0 Å². The SMILES string of the molecule is OCC1=C(c2cccc3sccc23)N2CCN=C2S1. The molecule has 3 nitrogen and oxygen atoms in total. The summed E-state index contributed by atoms with van der Waals surface area (Å²) in [5.74, 6) is 0. The van der Waals surface area contributed by atoms with Crippen LogP contribution >= 0.6 is 23.1 Å². The van der Waals surface area contributed by atoms with Crippen molar-refractivity contribution in [2.45, 2.75) is 0 Å². The van der Waals surface area contributed by atoms with Crippen LogP contribution in [-0.2, 0) is 0 Å². The highest BCUT2D eigenvalue weighted by molar-refractivity contribution is 8.17. The van der Waals surface area contributed by atoms with Crippen LogP contribution in [0.5, 0.6) is 0 Å². The number of hydrogen-bond donors (Lipinski definition) is 1. The predicted molar refractivity (Wildman–Crippen MR) is 82.4 cm³/mol. The third-order valence-corrected chi connectivity index (χ3v) is 5.43. The van der Waals surface area contributed by atoms with Crippen molar-refractivity contribution in [2.75, 3.05) is 19.7 Å². The van der Waals surface area contributed by atoms with Gasteiger partial charge in [0, 0.05) is 27.1 Å². The molecule has 0 amide bonds. The van der Waals surface area contributed by atoms with E-state index in [0.717, 1.165) is 28.9 Å². The fourth-order valence-corrected chi connectivity index (χ4v) is 4.50. The minimum absolute atomic E-state index is 0.0794. The van der Waals surface area contributed by atoms with E-state index < -0.39 is 0 Å². The third kappa shape index (κ3) is 1.65. The Kier molecular flexibility index (Phi) is 2.65. The number of aliphatic hydroxyl groups is 1. The summed E-state index contributed by atoms with van der Waals surface area (Å²) in [6.45, 7) is 1.85. The number of thioether (sulfide) groups is 1. The van der Waals surface area contributed by atoms with Gasteiger partial charge in [0.1, 0.15) is 0 Å². The Morgan fingerprint density at radius 3 is 3.16 bits per heavy atom. The molecule has 0 radical (unpaired) electrons. The van der Waals surface area contributed by atoms with Gasteiger partial charge in [-0.1, -0.05) is 23.9 Å². The molecule has 2 aliphatic heterocycles. The average molecular weight is 288 g/mol. The standard InChI is InChI=1S/C14H12N2OS2/c17-8-12-13(16-6-5-15-14(16)19-12)10-2-1-3-11-9(10)4-7-18-11/h1-4,7,17H,5-6,8H2. The Morgan fingerprint density at radius 1 is 1.32 bits per heavy atom. The molecule has 0 saturated carbocycles. The van der Waals surface area contributed by atoms with E-state index in [9.17, 15) is 5.11 Å². The molecule has 19 heavy (non-hydrogen) atoms. The summed E-state index contributed by atoms with van der Waals surface area (Å²) < 4.78 is 1.29. The van der Waals surface area contributed by atoms with Crippen LogP contribution in [0, 0.1) is 0 Å². The lowest BCUT2D eigenvalue weighted by molar-refractivity contribution is 0.339. The van der Waals surface area contributed by atoms with E-state index in [0.29, 0.717) is 0 Å². The quantitative estimate of drug-likeness (QED) is 0.923. The van der Waals surface area contributed by atoms with Crippen molar-refractivity contribution in [3.8, 4) is 0 Å². The van der Waals surface area contributed by atoms with Gasteiger partial charge in [-0.05, 0) is 17.5 Å². The summed E-state index contributed by atoms with van der Waals surface area (Å²) >= 11 is 3.36. The Balaban J connectivity index is 1.95. The van der Waals surface area contributed by atoms with E-state index in [1.54, 1.807) is 23.1 Å². The molecule has 2 aliphatic rings. The number of aliphatic imine (C=N–C) groups is 1. The molecular formula is C14H12N2OS2. The molecule has 0 bridgehead atoms. The molecule has 0 aliphatic carbocycles. The first-order valence-electron chi connectivity index (χ1n) is 6.19. The highest BCUT2D eigenvalue weighted by Crippen LogP contribution is 2.43. The summed E-state index contributed by atoms with van der Waals surface area (Å²) in [7, 11) is 0. The molecule has 1 aromatic carbocycles. The lowest BCUT2D eigenvalue weighted by atomic mass is 10.1. The van der Waals surface area contributed by atoms with Crippen molar-refractivity contribution in [1.29, 1.82) is 0 Å². The van der Waals surface area contributed by atoms with Crippen molar-refractivity contribution < 1.29 is 5.11 Å². The van der Waals surface area contributed by atoms with E-state index in [1.807, 2.05) is 0 Å². The van der Waals surface area contributed by atoms with Crippen LogP contribution in [-0.4, -0.2) is 34.9 Å². The largest absolute Gasteiger partial charge is 0.391 e. The molecule has 0 saturated heterocycles. The van der Waals surface area contributed by atoms with Crippen LogP contribution < -0.4 is 0 Å². The molecule has 3 heterocycles. The summed E-state index contributed by atoms with van der Waals surface area (Å²) in [5, 5.41) is 14.0. The lowest BCUT2D eigenvalue weighted by Crippen LogP contribution is -2.20. The van der Waals surface area contributed by atoms with Gasteiger partial charge in [0.2, 0.25) is 0 Å². The zero-order valence-electron chi connectivity index (χ0n) is 10.2. The minimum Gasteiger partial charge on any atom is -0.391 e. The van der Waals surface area contributed by atoms with Gasteiger partial charge in [-0.2, -0.15) is 0 Å². The van der Waals surface area contributed by atoms with Gasteiger partial charge in [-0.15, -0.1) is 11.3 Å². The number of rotatable bonds is 2. The number of hydrogen-bond acceptors (Lipinski definition) is 5. The number of fused-ring (bicyclic) bond motifs is 2. The highest BCUT2D eigenvalue weighted by atomic mass is 32.2. The molecular weight excluding hydrogens is 276 g/mol. The van der Waals surface area contributed by atoms with E-state index in [4.69, 9.17) is 0 Å². The van der Waals surface area contributed by atoms with Crippen molar-refractivity contribution >= 4 is 44.0 Å². The van der Waals surface area contributed by atoms with Crippen LogP contribution in [0.15, 0.2) is 39.5 Å². The number of aliphatic hydroxyl groups excluding tert-OH is 1. The summed E-state index contributed by atoms with van der Waals surface area (Å²) in [5.41, 5.74) is 2.36. The molecule has 0 fully saturated rings. The van der Waals surface area contributed by atoms with Gasteiger partial charge in [-0.3, -0.25) is 4.99 Å². The van der Waals surface area contributed by atoms with Crippen LogP contribution in [0.2, 0.25) is 0 Å². The predicted octanol–water partition coefficient (Wildman–Crippen LogP) is 2.98. The zero-order chi connectivity index (χ0) is 12.8. The first kappa shape index (κ1) is 11.5. The summed E-state index contributed by atoms with van der Waals surface area (Å²) in [6, 6.07) is 8.53. The van der Waals surface area contributed by atoms with Crippen LogP contribution in [0.3, 0.4) is 0 Å². The van der Waals surface area contributed by atoms with Crippen LogP contribution in [0.1, 0.15) is 5.56 Å². The summed E-state index contributed by atoms with van der Waals surface area (Å²) in [4.78, 5) is 7.74. The fourth-order valence-electron chi connectivity index (χ4n) is 2.63. The Hall–Kier alpha value is -1.30. The smallest absolute Gasteiger partial charge is 0.168 e. The van der Waals surface area contributed by atoms with E-state index in [1.165, 1.54) is 15.6 Å². The second-order valence-corrected chi connectivity index (χ2v) is 6.50. The average Bonchev–Trinajstić information content (AvgIpc) is 3.12. The normalized spacial score (nSPS) is 18.4. The molecule has 2 aromatic rings. The number of benzene rings is 1. The van der Waals surface area contributed by atoms with Gasteiger partial charge in [-0.25, -0.2) is 0 Å². The maximum absolute atomic E-state index is 9.62. The molecule has 1 aromatic heterocycles. The molecule has 96 valence electrons. The third-order valence-electron chi connectivity index (χ3n) is 3.44. The molecule has 0 unspecified atom stereocenters. The number of nitrogens with zero attached hydrogens (tertiary/aromatic N) is 2. The molecule has 4 rings (SSSR count). The van der Waals surface area contributed by atoms with Crippen molar-refractivity contribution in [2.24, 2.45) is 4.99 Å². The van der Waals surface area contributed by atoms with Gasteiger partial charge in [0.05, 0.1) is 18.8 Å². The monoisotopic (exact) mass is 288 g/mol. The highest BCUT2D eigenvalue weighted by Gasteiger charge is 2.33. The first-order chi connectivity index (χ1) is 9.38. The van der Waals surface area contributed by atoms with Crippen LogP contribution in [0.25, 0.3) is 15.8 Å². The van der Waals surface area contributed by atoms with Crippen molar-refractivity contribution in [1.82, 2.24) is 4.90 Å². The van der Waals surface area contributed by atoms with Crippen molar-refractivity contribution in [3.05, 3.63) is 40.1 Å². The Morgan fingerprint density at radius 2 is 2.26 bits per heavy atom. The second-order valence-electron chi connectivity index (χ2n) is 4.49. The summed E-state index contributed by atoms with van der Waals surface area (Å²) in [6.07, 6.45) is 0. The van der Waals surface area contributed by atoms with Crippen LogP contribution in [0.4, 0.5) is 0 Å². The second kappa shape index (κ2) is 4.37. The molecule has 0 atom stereocenters. The lowest BCUT2D eigenvalue weighted by Gasteiger charge is -2.18. The minimum atomic E-state index is 0.0794. The molecule has 5 heteroatoms. The first-order valence-corrected chi connectivity index (χ1v) is 7.88. The van der Waals surface area contributed by atoms with E-state index in [-0.39, 0.29) is 6.61 Å². The Labute approximate surface area is 119 Å². The van der Waals surface area contributed by atoms with E-state index in [2.05, 4.69) is 39.5 Å². The van der Waals surface area contributed by atoms with E-state index >= 15 is 0 Å². The zero-order valence-corrected chi connectivity index (χ0v) is 11.8. The topological polar surface area (TPSA) is 35.8 Å². The van der Waals surface area contributed by atoms with Gasteiger partial charge in [0.15, 0.2) is 5.17 Å². The van der Waals surface area contributed by atoms with Gasteiger partial charge >= 0.3 is 0 Å². The fraction of sp³-hybridized carbons (Fsp3) is 0.214.